The molecule has 184 valence electrons. The molecule has 1 aliphatic rings. The summed E-state index contributed by atoms with van der Waals surface area (Å²) in [7, 11) is 0. The van der Waals surface area contributed by atoms with Crippen LogP contribution in [0.2, 0.25) is 0 Å². The van der Waals surface area contributed by atoms with Gasteiger partial charge in [-0.15, -0.1) is 0 Å². The number of carboxylic acids is 1. The summed E-state index contributed by atoms with van der Waals surface area (Å²) in [5.74, 6) is -0.998. The highest BCUT2D eigenvalue weighted by atomic mass is 16.6. The number of H-pyrrole nitrogens is 2. The van der Waals surface area contributed by atoms with Gasteiger partial charge in [0.1, 0.15) is 12.3 Å². The molecular weight excluding hydrogens is 464 g/mol. The number of carboxylic acid groups (broad SMARTS) is 1. The number of imidazole rings is 1. The molecule has 4 aromatic rings. The molecule has 0 atom stereocenters. The van der Waals surface area contributed by atoms with Gasteiger partial charge in [0, 0.05) is 25.3 Å². The van der Waals surface area contributed by atoms with Gasteiger partial charge in [0.2, 0.25) is 0 Å². The molecule has 0 radical (unpaired) electrons. The minimum atomic E-state index is -1.04. The molecule has 1 fully saturated rings. The second-order valence-electron chi connectivity index (χ2n) is 8.54. The van der Waals surface area contributed by atoms with Crippen LogP contribution in [0.4, 0.5) is 4.79 Å². The van der Waals surface area contributed by atoms with Crippen LogP contribution >= 0.6 is 0 Å². The van der Waals surface area contributed by atoms with Crippen molar-refractivity contribution in [1.29, 1.82) is 0 Å². The van der Waals surface area contributed by atoms with Crippen LogP contribution in [0.15, 0.2) is 54.7 Å². The molecule has 5 rings (SSSR count). The van der Waals surface area contributed by atoms with Gasteiger partial charge in [0.25, 0.3) is 5.91 Å². The Morgan fingerprint density at radius 1 is 1.11 bits per heavy atom. The summed E-state index contributed by atoms with van der Waals surface area (Å²) in [5.41, 5.74) is 2.80. The van der Waals surface area contributed by atoms with E-state index >= 15 is 0 Å². The lowest BCUT2D eigenvalue weighted by Crippen LogP contribution is -2.46. The average molecular weight is 489 g/mol. The number of likely N-dealkylation sites (tertiary alicyclic amines) is 1. The number of aromatic amines is 2. The van der Waals surface area contributed by atoms with E-state index in [4.69, 9.17) is 4.74 Å². The van der Waals surface area contributed by atoms with E-state index < -0.39 is 5.97 Å². The maximum atomic E-state index is 13.0. The lowest BCUT2D eigenvalue weighted by Gasteiger charge is -2.31. The number of hydrogen-bond acceptors (Lipinski definition) is 6. The Kier molecular flexibility index (Phi) is 6.35. The maximum absolute atomic E-state index is 13.0. The van der Waals surface area contributed by atoms with E-state index in [2.05, 4.69) is 25.5 Å². The normalized spacial score (nSPS) is 14.1. The van der Waals surface area contributed by atoms with Crippen molar-refractivity contribution in [2.75, 3.05) is 13.1 Å². The van der Waals surface area contributed by atoms with Gasteiger partial charge < -0.3 is 25.0 Å². The van der Waals surface area contributed by atoms with Gasteiger partial charge in [0.15, 0.2) is 5.82 Å². The molecule has 1 aliphatic heterocycles. The second kappa shape index (κ2) is 9.90. The Balaban J connectivity index is 1.18. The standard InChI is InChI=1S/C25H24N6O5/c32-23(27-17-8-10-31(11-9-17)25(35)36-14-15-4-2-1-3-5-15)18-13-26-30-21(18)22-28-19-7-6-16(24(33)34)12-20(19)29-22/h1-7,12-13,17H,8-11,14H2,(H,26,30)(H,27,32)(H,28,29)(H,33,34). The van der Waals surface area contributed by atoms with E-state index in [0.717, 1.165) is 5.56 Å². The third-order valence-corrected chi connectivity index (χ3v) is 6.13. The minimum absolute atomic E-state index is 0.104. The Morgan fingerprint density at radius 3 is 2.64 bits per heavy atom. The van der Waals surface area contributed by atoms with Crippen molar-refractivity contribution >= 4 is 29.0 Å². The molecule has 3 heterocycles. The highest BCUT2D eigenvalue weighted by Crippen LogP contribution is 2.23. The zero-order chi connectivity index (χ0) is 25.1. The largest absolute Gasteiger partial charge is 0.478 e. The number of hydrogen-bond donors (Lipinski definition) is 4. The number of ether oxygens (including phenoxy) is 1. The molecule has 2 aromatic carbocycles. The quantitative estimate of drug-likeness (QED) is 0.325. The molecular formula is C25H24N6O5. The molecule has 0 saturated carbocycles. The fraction of sp³-hybridized carbons (Fsp3) is 0.240. The molecule has 0 aliphatic carbocycles. The fourth-order valence-corrected chi connectivity index (χ4v) is 4.17. The van der Waals surface area contributed by atoms with Crippen LogP contribution in [-0.4, -0.2) is 67.3 Å². The van der Waals surface area contributed by atoms with Crippen molar-refractivity contribution in [3.63, 3.8) is 0 Å². The van der Waals surface area contributed by atoms with E-state index in [0.29, 0.717) is 54.0 Å². The lowest BCUT2D eigenvalue weighted by molar-refractivity contribution is 0.0695. The predicted molar refractivity (Wildman–Crippen MR) is 129 cm³/mol. The highest BCUT2D eigenvalue weighted by molar-refractivity contribution is 6.00. The molecule has 2 aromatic heterocycles. The van der Waals surface area contributed by atoms with Crippen LogP contribution in [0.5, 0.6) is 0 Å². The molecule has 0 spiro atoms. The molecule has 2 amide bonds. The zero-order valence-electron chi connectivity index (χ0n) is 19.2. The Hall–Kier alpha value is -4.67. The average Bonchev–Trinajstić information content (AvgIpc) is 3.55. The Labute approximate surface area is 205 Å². The monoisotopic (exact) mass is 488 g/mol. The number of rotatable bonds is 6. The van der Waals surface area contributed by atoms with Crippen LogP contribution in [-0.2, 0) is 11.3 Å². The lowest BCUT2D eigenvalue weighted by atomic mass is 10.0. The van der Waals surface area contributed by atoms with Gasteiger partial charge in [0.05, 0.1) is 22.2 Å². The van der Waals surface area contributed by atoms with Crippen LogP contribution in [0.25, 0.3) is 22.6 Å². The first-order valence-corrected chi connectivity index (χ1v) is 11.5. The van der Waals surface area contributed by atoms with Crippen LogP contribution < -0.4 is 5.32 Å². The molecule has 36 heavy (non-hydrogen) atoms. The summed E-state index contributed by atoms with van der Waals surface area (Å²) in [6.45, 7) is 1.18. The van der Waals surface area contributed by atoms with Gasteiger partial charge in [-0.1, -0.05) is 30.3 Å². The number of carbonyl (C=O) groups excluding carboxylic acids is 2. The first kappa shape index (κ1) is 23.1. The minimum Gasteiger partial charge on any atom is -0.478 e. The topological polar surface area (TPSA) is 153 Å². The van der Waals surface area contributed by atoms with E-state index in [1.165, 1.54) is 18.3 Å². The molecule has 11 nitrogen and oxygen atoms in total. The van der Waals surface area contributed by atoms with Crippen molar-refractivity contribution in [2.45, 2.75) is 25.5 Å². The van der Waals surface area contributed by atoms with Crippen LogP contribution in [0.3, 0.4) is 0 Å². The smallest absolute Gasteiger partial charge is 0.410 e. The van der Waals surface area contributed by atoms with Crippen LogP contribution in [0.1, 0.15) is 39.1 Å². The zero-order valence-corrected chi connectivity index (χ0v) is 19.2. The van der Waals surface area contributed by atoms with Crippen LogP contribution in [0, 0.1) is 0 Å². The van der Waals surface area contributed by atoms with E-state index in [1.807, 2.05) is 30.3 Å². The van der Waals surface area contributed by atoms with Gasteiger partial charge in [-0.05, 0) is 36.6 Å². The second-order valence-corrected chi connectivity index (χ2v) is 8.54. The number of aromatic nitrogens is 4. The molecule has 4 N–H and O–H groups in total. The molecule has 0 unspecified atom stereocenters. The summed E-state index contributed by atoms with van der Waals surface area (Å²) in [6.07, 6.45) is 2.33. The van der Waals surface area contributed by atoms with Gasteiger partial charge in [-0.2, -0.15) is 5.10 Å². The molecule has 0 bridgehead atoms. The molecule has 11 heteroatoms. The number of aromatic carboxylic acids is 1. The first-order valence-electron chi connectivity index (χ1n) is 11.5. The Morgan fingerprint density at radius 2 is 1.89 bits per heavy atom. The van der Waals surface area contributed by atoms with E-state index in [-0.39, 0.29) is 30.2 Å². The third-order valence-electron chi connectivity index (χ3n) is 6.13. The number of piperidine rings is 1. The van der Waals surface area contributed by atoms with Crippen molar-refractivity contribution in [1.82, 2.24) is 30.4 Å². The summed E-state index contributed by atoms with van der Waals surface area (Å²) >= 11 is 0. The highest BCUT2D eigenvalue weighted by Gasteiger charge is 2.27. The third kappa shape index (κ3) is 4.90. The van der Waals surface area contributed by atoms with Crippen molar-refractivity contribution in [3.05, 3.63) is 71.4 Å². The number of nitrogens with zero attached hydrogens (tertiary/aromatic N) is 3. The Bertz CT molecular complexity index is 1400. The fourth-order valence-electron chi connectivity index (χ4n) is 4.17. The molecule has 1 saturated heterocycles. The summed E-state index contributed by atoms with van der Waals surface area (Å²) in [5, 5.41) is 19.1. The van der Waals surface area contributed by atoms with E-state index in [9.17, 15) is 19.5 Å². The number of fused-ring (bicyclic) bond motifs is 1. The number of benzene rings is 2. The SMILES string of the molecule is O=C(O)c1ccc2[nH]c(-c3n[nH]cc3C(=O)NC3CCN(C(=O)OCc4ccccc4)CC3)nc2c1. The number of nitrogens with one attached hydrogen (secondary N) is 3. The summed E-state index contributed by atoms with van der Waals surface area (Å²) < 4.78 is 5.40. The van der Waals surface area contributed by atoms with Gasteiger partial charge >= 0.3 is 12.1 Å². The van der Waals surface area contributed by atoms with Crippen molar-refractivity contribution in [2.24, 2.45) is 0 Å². The summed E-state index contributed by atoms with van der Waals surface area (Å²) in [6, 6.07) is 14.0. The number of carbonyl (C=O) groups is 3. The number of amides is 2. The maximum Gasteiger partial charge on any atom is 0.410 e. The van der Waals surface area contributed by atoms with Crippen molar-refractivity contribution in [3.8, 4) is 11.5 Å². The first-order chi connectivity index (χ1) is 17.5. The summed E-state index contributed by atoms with van der Waals surface area (Å²) in [4.78, 5) is 45.8. The van der Waals surface area contributed by atoms with E-state index in [1.54, 1.807) is 11.0 Å². The van der Waals surface area contributed by atoms with Gasteiger partial charge in [-0.3, -0.25) is 9.89 Å². The predicted octanol–water partition coefficient (Wildman–Crippen LogP) is 3.18. The van der Waals surface area contributed by atoms with Crippen molar-refractivity contribution < 1.29 is 24.2 Å². The van der Waals surface area contributed by atoms with Gasteiger partial charge in [-0.25, -0.2) is 14.6 Å².